The van der Waals surface area contributed by atoms with Crippen LogP contribution in [-0.2, 0) is 0 Å². The molecule has 6 heteroatoms. The number of carbonyl (C=O) groups excluding carboxylic acids is 2. The third-order valence-electron chi connectivity index (χ3n) is 5.11. The van der Waals surface area contributed by atoms with Crippen molar-refractivity contribution >= 4 is 11.8 Å². The summed E-state index contributed by atoms with van der Waals surface area (Å²) in [5.41, 5.74) is 1.92. The highest BCUT2D eigenvalue weighted by Gasteiger charge is 2.26. The van der Waals surface area contributed by atoms with Crippen LogP contribution in [0.3, 0.4) is 0 Å². The molecule has 1 saturated heterocycles. The minimum absolute atomic E-state index is 0.00327. The van der Waals surface area contributed by atoms with Gasteiger partial charge in [-0.1, -0.05) is 18.2 Å². The molecule has 0 aromatic heterocycles. The molecule has 0 atom stereocenters. The highest BCUT2D eigenvalue weighted by molar-refractivity contribution is 5.98. The van der Waals surface area contributed by atoms with Crippen LogP contribution in [0.15, 0.2) is 36.4 Å². The Labute approximate surface area is 158 Å². The lowest BCUT2D eigenvalue weighted by atomic mass is 10.0. The normalized spacial score (nSPS) is 14.8. The van der Waals surface area contributed by atoms with Crippen molar-refractivity contribution in [3.63, 3.8) is 0 Å². The Morgan fingerprint density at radius 2 is 1.48 bits per heavy atom. The summed E-state index contributed by atoms with van der Waals surface area (Å²) in [7, 11) is 0. The molecule has 0 spiro atoms. The van der Waals surface area contributed by atoms with E-state index >= 15 is 0 Å². The van der Waals surface area contributed by atoms with Gasteiger partial charge in [0.05, 0.1) is 11.1 Å². The highest BCUT2D eigenvalue weighted by Crippen LogP contribution is 2.26. The van der Waals surface area contributed by atoms with E-state index in [1.165, 1.54) is 12.1 Å². The topological polar surface area (TPSA) is 60.9 Å². The van der Waals surface area contributed by atoms with Gasteiger partial charge in [0, 0.05) is 26.2 Å². The van der Waals surface area contributed by atoms with Crippen LogP contribution in [0.4, 0.5) is 4.39 Å². The summed E-state index contributed by atoms with van der Waals surface area (Å²) >= 11 is 0. The molecule has 0 bridgehead atoms. The van der Waals surface area contributed by atoms with Gasteiger partial charge in [-0.25, -0.2) is 4.39 Å². The largest absolute Gasteiger partial charge is 0.507 e. The van der Waals surface area contributed by atoms with Gasteiger partial charge in [-0.2, -0.15) is 0 Å². The van der Waals surface area contributed by atoms with E-state index in [2.05, 4.69) is 0 Å². The van der Waals surface area contributed by atoms with E-state index in [4.69, 9.17) is 0 Å². The molecule has 3 rings (SSSR count). The summed E-state index contributed by atoms with van der Waals surface area (Å²) in [6, 6.07) is 9.36. The fraction of sp³-hybridized carbons (Fsp3) is 0.333. The maximum atomic E-state index is 13.9. The van der Waals surface area contributed by atoms with E-state index in [1.807, 2.05) is 13.0 Å². The third-order valence-corrected chi connectivity index (χ3v) is 5.11. The molecule has 0 unspecified atom stereocenters. The molecule has 1 heterocycles. The van der Waals surface area contributed by atoms with Crippen LogP contribution in [0.25, 0.3) is 0 Å². The van der Waals surface area contributed by atoms with Crippen molar-refractivity contribution in [3.05, 3.63) is 64.5 Å². The summed E-state index contributed by atoms with van der Waals surface area (Å²) in [5.74, 6) is -1.16. The van der Waals surface area contributed by atoms with Gasteiger partial charge in [0.15, 0.2) is 0 Å². The summed E-state index contributed by atoms with van der Waals surface area (Å²) in [4.78, 5) is 28.7. The van der Waals surface area contributed by atoms with E-state index in [-0.39, 0.29) is 28.7 Å². The summed E-state index contributed by atoms with van der Waals surface area (Å²) < 4.78 is 13.9. The van der Waals surface area contributed by atoms with E-state index < -0.39 is 5.82 Å². The van der Waals surface area contributed by atoms with Gasteiger partial charge in [0.25, 0.3) is 11.8 Å². The van der Waals surface area contributed by atoms with Crippen LogP contribution in [-0.4, -0.2) is 52.9 Å². The molecule has 2 aromatic carbocycles. The molecule has 0 saturated carbocycles. The van der Waals surface area contributed by atoms with Crippen molar-refractivity contribution in [1.82, 2.24) is 9.80 Å². The zero-order valence-corrected chi connectivity index (χ0v) is 15.5. The first-order chi connectivity index (χ1) is 12.9. The summed E-state index contributed by atoms with van der Waals surface area (Å²) in [5, 5.41) is 10.3. The van der Waals surface area contributed by atoms with Gasteiger partial charge in [0.1, 0.15) is 11.6 Å². The standard InChI is InChI=1S/C21H23FN2O3/c1-14-8-9-17(19(25)15(14)2)21(27)24-11-5-10-23(12-13-24)20(26)16-6-3-4-7-18(16)22/h3-4,6-9,25H,5,10-13H2,1-2H3. The monoisotopic (exact) mass is 370 g/mol. The lowest BCUT2D eigenvalue weighted by molar-refractivity contribution is 0.0714. The first-order valence-electron chi connectivity index (χ1n) is 9.02. The van der Waals surface area contributed by atoms with E-state index in [9.17, 15) is 19.1 Å². The lowest BCUT2D eigenvalue weighted by Crippen LogP contribution is -2.37. The van der Waals surface area contributed by atoms with Crippen molar-refractivity contribution < 1.29 is 19.1 Å². The van der Waals surface area contributed by atoms with Gasteiger partial charge >= 0.3 is 0 Å². The Balaban J connectivity index is 1.73. The van der Waals surface area contributed by atoms with Crippen LogP contribution < -0.4 is 0 Å². The zero-order chi connectivity index (χ0) is 19.6. The van der Waals surface area contributed by atoms with Gasteiger partial charge in [-0.05, 0) is 49.6 Å². The number of amides is 2. The number of aromatic hydroxyl groups is 1. The maximum Gasteiger partial charge on any atom is 0.257 e. The van der Waals surface area contributed by atoms with Crippen LogP contribution in [0.1, 0.15) is 38.3 Å². The van der Waals surface area contributed by atoms with Gasteiger partial charge < -0.3 is 14.9 Å². The Bertz CT molecular complexity index is 882. The summed E-state index contributed by atoms with van der Waals surface area (Å²) in [6.45, 7) is 5.25. The quantitative estimate of drug-likeness (QED) is 0.884. The molecule has 1 aliphatic heterocycles. The number of nitrogens with zero attached hydrogens (tertiary/aromatic N) is 2. The van der Waals surface area contributed by atoms with Gasteiger partial charge in [-0.15, -0.1) is 0 Å². The Morgan fingerprint density at radius 3 is 2.11 bits per heavy atom. The van der Waals surface area contributed by atoms with Crippen molar-refractivity contribution in [2.75, 3.05) is 26.2 Å². The molecule has 5 nitrogen and oxygen atoms in total. The third kappa shape index (κ3) is 3.79. The van der Waals surface area contributed by atoms with Crippen molar-refractivity contribution in [3.8, 4) is 5.75 Å². The van der Waals surface area contributed by atoms with Gasteiger partial charge in [0.2, 0.25) is 0 Å². The maximum absolute atomic E-state index is 13.9. The average Bonchev–Trinajstić information content (AvgIpc) is 2.92. The molecule has 142 valence electrons. The number of rotatable bonds is 2. The number of hydrogen-bond acceptors (Lipinski definition) is 3. The fourth-order valence-electron chi connectivity index (χ4n) is 3.27. The lowest BCUT2D eigenvalue weighted by Gasteiger charge is -2.23. The Hall–Kier alpha value is -2.89. The molecule has 1 fully saturated rings. The number of benzene rings is 2. The fourth-order valence-corrected chi connectivity index (χ4v) is 3.27. The number of phenolic OH excluding ortho intramolecular Hbond substituents is 1. The smallest absolute Gasteiger partial charge is 0.257 e. The predicted octanol–water partition coefficient (Wildman–Crippen LogP) is 3.14. The van der Waals surface area contributed by atoms with E-state index in [0.29, 0.717) is 38.2 Å². The number of hydrogen-bond donors (Lipinski definition) is 1. The van der Waals surface area contributed by atoms with Crippen LogP contribution in [0, 0.1) is 19.7 Å². The first kappa shape index (κ1) is 18.9. The molecule has 27 heavy (non-hydrogen) atoms. The van der Waals surface area contributed by atoms with Crippen molar-refractivity contribution in [2.45, 2.75) is 20.3 Å². The molecular weight excluding hydrogens is 347 g/mol. The van der Waals surface area contributed by atoms with Crippen molar-refractivity contribution in [1.29, 1.82) is 0 Å². The molecular formula is C21H23FN2O3. The molecule has 2 aromatic rings. The van der Waals surface area contributed by atoms with Gasteiger partial charge in [-0.3, -0.25) is 9.59 Å². The predicted molar refractivity (Wildman–Crippen MR) is 100 cm³/mol. The minimum Gasteiger partial charge on any atom is -0.507 e. The highest BCUT2D eigenvalue weighted by atomic mass is 19.1. The second-order valence-corrected chi connectivity index (χ2v) is 6.82. The molecule has 0 radical (unpaired) electrons. The van der Waals surface area contributed by atoms with Crippen LogP contribution in [0.2, 0.25) is 0 Å². The van der Waals surface area contributed by atoms with E-state index in [1.54, 1.807) is 34.9 Å². The Kier molecular flexibility index (Phi) is 5.44. The number of halogens is 1. The first-order valence-corrected chi connectivity index (χ1v) is 9.02. The Morgan fingerprint density at radius 1 is 0.889 bits per heavy atom. The van der Waals surface area contributed by atoms with Crippen LogP contribution in [0.5, 0.6) is 5.75 Å². The number of phenols is 1. The summed E-state index contributed by atoms with van der Waals surface area (Å²) in [6.07, 6.45) is 0.595. The molecule has 2 amide bonds. The van der Waals surface area contributed by atoms with E-state index in [0.717, 1.165) is 5.56 Å². The molecule has 1 aliphatic rings. The number of aryl methyl sites for hydroxylation is 1. The number of carbonyl (C=O) groups is 2. The second-order valence-electron chi connectivity index (χ2n) is 6.82. The van der Waals surface area contributed by atoms with Crippen molar-refractivity contribution in [2.24, 2.45) is 0 Å². The average molecular weight is 370 g/mol. The molecule has 0 aliphatic carbocycles. The zero-order valence-electron chi connectivity index (χ0n) is 15.5. The van der Waals surface area contributed by atoms with Crippen LogP contribution >= 0.6 is 0 Å². The molecule has 1 N–H and O–H groups in total. The minimum atomic E-state index is -0.542. The SMILES string of the molecule is Cc1ccc(C(=O)N2CCCN(C(=O)c3ccccc3F)CC2)c(O)c1C. The second kappa shape index (κ2) is 7.78.